The largest absolute Gasteiger partial charge is 0.497 e. The van der Waals surface area contributed by atoms with E-state index in [-0.39, 0.29) is 5.69 Å². The molecule has 1 aliphatic heterocycles. The first-order valence-electron chi connectivity index (χ1n) is 9.34. The van der Waals surface area contributed by atoms with Crippen LogP contribution in [0.2, 0.25) is 5.02 Å². The number of hydrogen-bond donors (Lipinski definition) is 2. The number of carbonyl (C=O) groups excluding carboxylic acids is 1. The fourth-order valence-electron chi connectivity index (χ4n) is 3.26. The Balaban J connectivity index is 1.65. The van der Waals surface area contributed by atoms with Crippen molar-refractivity contribution in [3.8, 4) is 5.75 Å². The molecule has 12 heteroatoms. The van der Waals surface area contributed by atoms with E-state index in [1.807, 2.05) is 12.1 Å². The number of halogens is 4. The maximum Gasteiger partial charge on any atom is 0.417 e. The molecule has 2 aromatic carbocycles. The molecule has 2 unspecified atom stereocenters. The third kappa shape index (κ3) is 4.35. The van der Waals surface area contributed by atoms with Crippen LogP contribution in [0.15, 0.2) is 47.6 Å². The van der Waals surface area contributed by atoms with E-state index >= 15 is 0 Å². The Hall–Kier alpha value is -2.92. The third-order valence-electron chi connectivity index (χ3n) is 4.87. The Morgan fingerprint density at radius 2 is 1.94 bits per heavy atom. The third-order valence-corrected chi connectivity index (χ3v) is 6.42. The van der Waals surface area contributed by atoms with Crippen molar-refractivity contribution in [3.63, 3.8) is 0 Å². The Morgan fingerprint density at radius 1 is 1.22 bits per heavy atom. The number of fused-ring (bicyclic) bond motifs is 1. The molecule has 2 atom stereocenters. The van der Waals surface area contributed by atoms with Gasteiger partial charge in [0.15, 0.2) is 0 Å². The number of ether oxygens (including phenoxy) is 1. The van der Waals surface area contributed by atoms with Crippen molar-refractivity contribution in [3.05, 3.63) is 64.4 Å². The standard InChI is InChI=1S/C20H17ClF3N5O2S/c1-10-26-27-19-29(10)28-16(11-3-6-13(31-2)7-4-11)17(32-19)18(30)25-12-5-8-15(21)14(9-12)20(22,23)24/h3-9,16-17,28H,1-2H3,(H,25,30). The Morgan fingerprint density at radius 3 is 2.59 bits per heavy atom. The summed E-state index contributed by atoms with van der Waals surface area (Å²) < 4.78 is 46.4. The highest BCUT2D eigenvalue weighted by Crippen LogP contribution is 2.39. The summed E-state index contributed by atoms with van der Waals surface area (Å²) in [5.74, 6) is 0.767. The number of thioether (sulfide) groups is 1. The monoisotopic (exact) mass is 483 g/mol. The maximum absolute atomic E-state index is 13.2. The minimum atomic E-state index is -4.64. The van der Waals surface area contributed by atoms with Crippen LogP contribution >= 0.6 is 23.4 Å². The van der Waals surface area contributed by atoms with Crippen LogP contribution in [-0.4, -0.2) is 33.1 Å². The summed E-state index contributed by atoms with van der Waals surface area (Å²) in [6.45, 7) is 1.77. The number of aryl methyl sites for hydroxylation is 1. The van der Waals surface area contributed by atoms with Gasteiger partial charge in [0, 0.05) is 5.69 Å². The average molecular weight is 484 g/mol. The van der Waals surface area contributed by atoms with Gasteiger partial charge in [-0.25, -0.2) is 4.68 Å². The van der Waals surface area contributed by atoms with Gasteiger partial charge in [0.05, 0.1) is 23.7 Å². The summed E-state index contributed by atoms with van der Waals surface area (Å²) >= 11 is 6.84. The lowest BCUT2D eigenvalue weighted by Crippen LogP contribution is -2.41. The number of nitrogens with zero attached hydrogens (tertiary/aromatic N) is 3. The molecule has 2 N–H and O–H groups in total. The zero-order chi connectivity index (χ0) is 23.0. The molecule has 32 heavy (non-hydrogen) atoms. The van der Waals surface area contributed by atoms with Crippen molar-refractivity contribution < 1.29 is 22.7 Å². The van der Waals surface area contributed by atoms with E-state index < -0.39 is 34.0 Å². The summed E-state index contributed by atoms with van der Waals surface area (Å²) in [5, 5.41) is 9.93. The fraction of sp³-hybridized carbons (Fsp3) is 0.250. The summed E-state index contributed by atoms with van der Waals surface area (Å²) in [4.78, 5) is 13.2. The van der Waals surface area contributed by atoms with E-state index in [0.717, 1.165) is 17.7 Å². The SMILES string of the molecule is COc1ccc(C2Nn3c(C)nnc3SC2C(=O)Nc2ccc(Cl)c(C(F)(F)F)c2)cc1. The molecular formula is C20H17ClF3N5O2S. The molecule has 0 radical (unpaired) electrons. The molecule has 0 spiro atoms. The van der Waals surface area contributed by atoms with Crippen LogP contribution in [0, 0.1) is 6.92 Å². The van der Waals surface area contributed by atoms with Crippen molar-refractivity contribution in [1.29, 1.82) is 0 Å². The first-order chi connectivity index (χ1) is 15.2. The number of benzene rings is 2. The number of hydrogen-bond acceptors (Lipinski definition) is 6. The lowest BCUT2D eigenvalue weighted by molar-refractivity contribution is -0.137. The van der Waals surface area contributed by atoms with Gasteiger partial charge in [-0.2, -0.15) is 13.2 Å². The predicted octanol–water partition coefficient (Wildman–Crippen LogP) is 4.67. The molecule has 2 heterocycles. The molecule has 1 aromatic heterocycles. The highest BCUT2D eigenvalue weighted by molar-refractivity contribution is 8.00. The van der Waals surface area contributed by atoms with Gasteiger partial charge in [-0.15, -0.1) is 10.2 Å². The molecular weight excluding hydrogens is 467 g/mol. The molecule has 3 aromatic rings. The van der Waals surface area contributed by atoms with Gasteiger partial charge >= 0.3 is 6.18 Å². The van der Waals surface area contributed by atoms with Crippen LogP contribution in [0.1, 0.15) is 23.0 Å². The second kappa shape index (κ2) is 8.55. The van der Waals surface area contributed by atoms with Crippen LogP contribution in [0.5, 0.6) is 5.75 Å². The summed E-state index contributed by atoms with van der Waals surface area (Å²) in [6.07, 6.45) is -4.64. The number of alkyl halides is 3. The van der Waals surface area contributed by atoms with E-state index in [1.54, 1.807) is 30.8 Å². The van der Waals surface area contributed by atoms with Crippen molar-refractivity contribution in [2.75, 3.05) is 17.9 Å². The molecule has 0 bridgehead atoms. The van der Waals surface area contributed by atoms with Crippen molar-refractivity contribution in [1.82, 2.24) is 14.9 Å². The summed E-state index contributed by atoms with van der Waals surface area (Å²) in [7, 11) is 1.55. The smallest absolute Gasteiger partial charge is 0.417 e. The lowest BCUT2D eigenvalue weighted by atomic mass is 10.0. The topological polar surface area (TPSA) is 81.1 Å². The Bertz CT molecular complexity index is 1150. The van der Waals surface area contributed by atoms with Gasteiger partial charge in [-0.05, 0) is 42.8 Å². The summed E-state index contributed by atoms with van der Waals surface area (Å²) in [5.41, 5.74) is 2.98. The summed E-state index contributed by atoms with van der Waals surface area (Å²) in [6, 6.07) is 9.88. The second-order valence-electron chi connectivity index (χ2n) is 6.97. The van der Waals surface area contributed by atoms with Crippen molar-refractivity contribution >= 4 is 35.0 Å². The molecule has 1 amide bonds. The zero-order valence-corrected chi connectivity index (χ0v) is 18.3. The first-order valence-corrected chi connectivity index (χ1v) is 10.6. The molecule has 7 nitrogen and oxygen atoms in total. The minimum absolute atomic E-state index is 0.0102. The van der Waals surface area contributed by atoms with Crippen LogP contribution in [0.4, 0.5) is 18.9 Å². The van der Waals surface area contributed by atoms with Gasteiger partial charge in [0.25, 0.3) is 0 Å². The Kier molecular flexibility index (Phi) is 5.95. The number of methoxy groups -OCH3 is 1. The fourth-order valence-corrected chi connectivity index (χ4v) is 4.61. The average Bonchev–Trinajstić information content (AvgIpc) is 3.13. The molecule has 0 saturated heterocycles. The number of amides is 1. The Labute approximate surface area is 190 Å². The van der Waals surface area contributed by atoms with Gasteiger partial charge in [-0.1, -0.05) is 35.5 Å². The van der Waals surface area contributed by atoms with Gasteiger partial charge in [0.1, 0.15) is 16.8 Å². The second-order valence-corrected chi connectivity index (χ2v) is 8.48. The number of rotatable bonds is 4. The van der Waals surface area contributed by atoms with Gasteiger partial charge < -0.3 is 15.5 Å². The first kappa shape index (κ1) is 22.3. The number of nitrogens with one attached hydrogen (secondary N) is 2. The maximum atomic E-state index is 13.2. The van der Waals surface area contributed by atoms with E-state index in [0.29, 0.717) is 16.7 Å². The normalized spacial score (nSPS) is 17.9. The van der Waals surface area contributed by atoms with E-state index in [9.17, 15) is 18.0 Å². The molecule has 0 saturated carbocycles. The number of anilines is 1. The van der Waals surface area contributed by atoms with Crippen LogP contribution < -0.4 is 15.5 Å². The van der Waals surface area contributed by atoms with E-state index in [4.69, 9.17) is 16.3 Å². The van der Waals surface area contributed by atoms with Crippen LogP contribution in [0.3, 0.4) is 0 Å². The van der Waals surface area contributed by atoms with Crippen molar-refractivity contribution in [2.24, 2.45) is 0 Å². The van der Waals surface area contributed by atoms with Gasteiger partial charge in [0.2, 0.25) is 11.1 Å². The van der Waals surface area contributed by atoms with E-state index in [1.165, 1.54) is 17.8 Å². The molecule has 168 valence electrons. The van der Waals surface area contributed by atoms with Gasteiger partial charge in [-0.3, -0.25) is 4.79 Å². The van der Waals surface area contributed by atoms with Crippen LogP contribution in [-0.2, 0) is 11.0 Å². The zero-order valence-electron chi connectivity index (χ0n) is 16.8. The number of aromatic nitrogens is 3. The lowest BCUT2D eigenvalue weighted by Gasteiger charge is -2.32. The molecule has 4 rings (SSSR count). The molecule has 0 fully saturated rings. The van der Waals surface area contributed by atoms with Crippen LogP contribution in [0.25, 0.3) is 0 Å². The minimum Gasteiger partial charge on any atom is -0.497 e. The quantitative estimate of drug-likeness (QED) is 0.561. The molecule has 1 aliphatic rings. The highest BCUT2D eigenvalue weighted by atomic mass is 35.5. The predicted molar refractivity (Wildman–Crippen MR) is 115 cm³/mol. The number of carbonyl (C=O) groups is 1. The highest BCUT2D eigenvalue weighted by Gasteiger charge is 2.38. The van der Waals surface area contributed by atoms with Crippen molar-refractivity contribution in [2.45, 2.75) is 29.5 Å². The molecule has 0 aliphatic carbocycles. The van der Waals surface area contributed by atoms with E-state index in [2.05, 4.69) is 20.9 Å².